The molecule has 4 rings (SSSR count). The topological polar surface area (TPSA) is 99.2 Å². The van der Waals surface area contributed by atoms with E-state index >= 15 is 0 Å². The first-order chi connectivity index (χ1) is 19.5. The van der Waals surface area contributed by atoms with Crippen molar-refractivity contribution in [2.24, 2.45) is 0 Å². The highest BCUT2D eigenvalue weighted by Gasteiger charge is 2.36. The van der Waals surface area contributed by atoms with Crippen LogP contribution in [0.4, 0.5) is 37.7 Å². The minimum atomic E-state index is -4.59. The molecule has 16 heteroatoms. The SMILES string of the molecule is CN1CCN(Cc2ccc([N+](=O)[O-])cc2C(F)(F)F)CC1.CN1CCN(Cc2ccc([N+](=O)[O-])cc2C(F)(F)F)CC1. The van der Waals surface area contributed by atoms with Crippen LogP contribution in [0.25, 0.3) is 0 Å². The van der Waals surface area contributed by atoms with E-state index in [9.17, 15) is 46.6 Å². The molecule has 2 aromatic rings. The Kier molecular flexibility index (Phi) is 10.9. The standard InChI is InChI=1S/2C13H16F3N3O2/c2*1-17-4-6-18(7-5-17)9-10-2-3-11(19(20)21)8-12(10)13(14,15)16/h2*2-3,8H,4-7,9H2,1H3. The zero-order chi connectivity index (χ0) is 31.2. The summed E-state index contributed by atoms with van der Waals surface area (Å²) in [6.07, 6.45) is -9.18. The summed E-state index contributed by atoms with van der Waals surface area (Å²) < 4.78 is 78.4. The molecule has 0 aromatic heterocycles. The van der Waals surface area contributed by atoms with Gasteiger partial charge in [0.15, 0.2) is 0 Å². The summed E-state index contributed by atoms with van der Waals surface area (Å²) in [6, 6.07) is 5.90. The Hall–Kier alpha value is -3.34. The van der Waals surface area contributed by atoms with Crippen molar-refractivity contribution in [1.82, 2.24) is 19.6 Å². The average molecular weight is 607 g/mol. The van der Waals surface area contributed by atoms with Gasteiger partial charge in [-0.15, -0.1) is 0 Å². The quantitative estimate of drug-likeness (QED) is 0.265. The van der Waals surface area contributed by atoms with Gasteiger partial charge in [0.2, 0.25) is 0 Å². The lowest BCUT2D eigenvalue weighted by Crippen LogP contribution is -2.44. The van der Waals surface area contributed by atoms with Gasteiger partial charge in [-0.25, -0.2) is 0 Å². The van der Waals surface area contributed by atoms with Gasteiger partial charge in [0.05, 0.1) is 21.0 Å². The number of nitro benzene ring substituents is 2. The van der Waals surface area contributed by atoms with Gasteiger partial charge in [-0.2, -0.15) is 26.3 Å². The monoisotopic (exact) mass is 606 g/mol. The van der Waals surface area contributed by atoms with Crippen molar-refractivity contribution in [3.63, 3.8) is 0 Å². The third-order valence-corrected chi connectivity index (χ3v) is 7.20. The maximum absolute atomic E-state index is 13.1. The minimum Gasteiger partial charge on any atom is -0.304 e. The molecule has 0 radical (unpaired) electrons. The maximum Gasteiger partial charge on any atom is 0.416 e. The van der Waals surface area contributed by atoms with Crippen molar-refractivity contribution >= 4 is 11.4 Å². The molecule has 0 atom stereocenters. The molecule has 2 aliphatic rings. The number of nitro groups is 2. The number of nitrogens with zero attached hydrogens (tertiary/aromatic N) is 6. The molecule has 0 unspecified atom stereocenters. The van der Waals surface area contributed by atoms with Gasteiger partial charge < -0.3 is 9.80 Å². The highest BCUT2D eigenvalue weighted by Crippen LogP contribution is 2.36. The van der Waals surface area contributed by atoms with E-state index in [0.717, 1.165) is 38.3 Å². The van der Waals surface area contributed by atoms with E-state index in [0.29, 0.717) is 38.3 Å². The van der Waals surface area contributed by atoms with E-state index in [1.54, 1.807) is 0 Å². The summed E-state index contributed by atoms with van der Waals surface area (Å²) in [7, 11) is 3.93. The van der Waals surface area contributed by atoms with Crippen LogP contribution in [0, 0.1) is 20.2 Å². The first kappa shape index (κ1) is 33.2. The van der Waals surface area contributed by atoms with Crippen LogP contribution in [0.2, 0.25) is 0 Å². The molecule has 0 spiro atoms. The Morgan fingerprint density at radius 2 is 0.929 bits per heavy atom. The van der Waals surface area contributed by atoms with E-state index in [1.165, 1.54) is 12.1 Å². The second-order valence-corrected chi connectivity index (χ2v) is 10.4. The number of hydrogen-bond acceptors (Lipinski definition) is 8. The van der Waals surface area contributed by atoms with Crippen LogP contribution in [0.1, 0.15) is 22.3 Å². The number of piperazine rings is 2. The number of rotatable bonds is 6. The van der Waals surface area contributed by atoms with Gasteiger partial charge in [-0.05, 0) is 25.2 Å². The highest BCUT2D eigenvalue weighted by molar-refractivity contribution is 5.42. The molecule has 2 fully saturated rings. The van der Waals surface area contributed by atoms with Crippen LogP contribution in [0.15, 0.2) is 36.4 Å². The lowest BCUT2D eigenvalue weighted by atomic mass is 10.0. The molecule has 0 aliphatic carbocycles. The molecule has 2 heterocycles. The molecule has 42 heavy (non-hydrogen) atoms. The van der Waals surface area contributed by atoms with E-state index in [4.69, 9.17) is 0 Å². The summed E-state index contributed by atoms with van der Waals surface area (Å²) in [5.74, 6) is 0. The second-order valence-electron chi connectivity index (χ2n) is 10.4. The van der Waals surface area contributed by atoms with Crippen LogP contribution >= 0.6 is 0 Å². The molecule has 2 aromatic carbocycles. The number of halogens is 6. The summed E-state index contributed by atoms with van der Waals surface area (Å²) in [4.78, 5) is 27.7. The Labute approximate surface area is 238 Å². The molecule has 10 nitrogen and oxygen atoms in total. The molecule has 232 valence electrons. The fourth-order valence-electron chi connectivity index (χ4n) is 4.65. The van der Waals surface area contributed by atoms with Crippen LogP contribution in [-0.2, 0) is 25.4 Å². The average Bonchev–Trinajstić information content (AvgIpc) is 2.90. The van der Waals surface area contributed by atoms with Gasteiger partial charge in [0.25, 0.3) is 11.4 Å². The van der Waals surface area contributed by atoms with Crippen molar-refractivity contribution in [3.8, 4) is 0 Å². The maximum atomic E-state index is 13.1. The predicted octanol–water partition coefficient (Wildman–Crippen LogP) is 4.72. The van der Waals surface area contributed by atoms with E-state index < -0.39 is 44.7 Å². The van der Waals surface area contributed by atoms with Crippen molar-refractivity contribution in [1.29, 1.82) is 0 Å². The normalized spacial score (nSPS) is 17.9. The van der Waals surface area contributed by atoms with Crippen LogP contribution in [0.5, 0.6) is 0 Å². The van der Waals surface area contributed by atoms with E-state index in [1.807, 2.05) is 23.9 Å². The van der Waals surface area contributed by atoms with Gasteiger partial charge in [0.1, 0.15) is 0 Å². The van der Waals surface area contributed by atoms with Crippen LogP contribution in [0.3, 0.4) is 0 Å². The summed E-state index contributed by atoms with van der Waals surface area (Å²) in [6.45, 7) is 6.25. The Morgan fingerprint density at radius 3 is 1.19 bits per heavy atom. The Morgan fingerprint density at radius 1 is 0.619 bits per heavy atom. The molecule has 0 N–H and O–H groups in total. The first-order valence-electron chi connectivity index (χ1n) is 13.1. The summed E-state index contributed by atoms with van der Waals surface area (Å²) >= 11 is 0. The molecule has 0 bridgehead atoms. The van der Waals surface area contributed by atoms with Crippen molar-refractivity contribution in [2.45, 2.75) is 25.4 Å². The first-order valence-corrected chi connectivity index (χ1v) is 13.1. The second kappa shape index (κ2) is 13.8. The van der Waals surface area contributed by atoms with Gasteiger partial charge in [-0.1, -0.05) is 12.1 Å². The van der Waals surface area contributed by atoms with Crippen molar-refractivity contribution in [3.05, 3.63) is 78.9 Å². The van der Waals surface area contributed by atoms with Gasteiger partial charge in [0, 0.05) is 89.7 Å². The number of likely N-dealkylation sites (N-methyl/N-ethyl adjacent to an activating group) is 2. The fraction of sp³-hybridized carbons (Fsp3) is 0.538. The van der Waals surface area contributed by atoms with Crippen LogP contribution in [-0.4, -0.2) is 95.9 Å². The Bertz CT molecular complexity index is 1150. The van der Waals surface area contributed by atoms with Gasteiger partial charge >= 0.3 is 12.4 Å². The third-order valence-electron chi connectivity index (χ3n) is 7.20. The third kappa shape index (κ3) is 9.34. The van der Waals surface area contributed by atoms with Gasteiger partial charge in [-0.3, -0.25) is 30.0 Å². The van der Waals surface area contributed by atoms with E-state index in [2.05, 4.69) is 9.80 Å². The zero-order valence-corrected chi connectivity index (χ0v) is 23.1. The molecule has 0 saturated carbocycles. The molecule has 2 aliphatic heterocycles. The molecular weight excluding hydrogens is 574 g/mol. The van der Waals surface area contributed by atoms with Crippen molar-refractivity contribution < 1.29 is 36.2 Å². The fourth-order valence-corrected chi connectivity index (χ4v) is 4.65. The zero-order valence-electron chi connectivity index (χ0n) is 23.1. The number of benzene rings is 2. The molecule has 2 saturated heterocycles. The Balaban J connectivity index is 0.000000230. The predicted molar refractivity (Wildman–Crippen MR) is 142 cm³/mol. The summed E-state index contributed by atoms with van der Waals surface area (Å²) in [5, 5.41) is 21.3. The lowest BCUT2D eigenvalue weighted by molar-refractivity contribution is -0.385. The van der Waals surface area contributed by atoms with Crippen LogP contribution < -0.4 is 0 Å². The lowest BCUT2D eigenvalue weighted by Gasteiger charge is -2.32. The molecular formula is C26H32F6N6O4. The molecule has 0 amide bonds. The number of alkyl halides is 6. The van der Waals surface area contributed by atoms with E-state index in [-0.39, 0.29) is 24.2 Å². The van der Waals surface area contributed by atoms with Crippen molar-refractivity contribution in [2.75, 3.05) is 66.5 Å². The smallest absolute Gasteiger partial charge is 0.304 e. The summed E-state index contributed by atoms with van der Waals surface area (Å²) in [5.41, 5.74) is -2.75. The number of hydrogen-bond donors (Lipinski definition) is 0. The highest BCUT2D eigenvalue weighted by atomic mass is 19.4. The largest absolute Gasteiger partial charge is 0.416 e. The number of non-ortho nitro benzene ring substituents is 2. The minimum absolute atomic E-state index is 0.0812.